The fraction of sp³-hybridized carbons (Fsp3) is 0.933. The number of rotatable bonds is 5. The van der Waals surface area contributed by atoms with Crippen LogP contribution < -0.4 is 10.6 Å². The lowest BCUT2D eigenvalue weighted by Crippen LogP contribution is -2.40. The molecule has 19 heavy (non-hydrogen) atoms. The molecule has 2 N–H and O–H groups in total. The van der Waals surface area contributed by atoms with Crippen molar-refractivity contribution >= 4 is 5.91 Å². The van der Waals surface area contributed by atoms with Crippen LogP contribution in [0.25, 0.3) is 0 Å². The van der Waals surface area contributed by atoms with E-state index in [4.69, 9.17) is 0 Å². The minimum atomic E-state index is 0.175. The molecule has 0 saturated carbocycles. The predicted molar refractivity (Wildman–Crippen MR) is 78.0 cm³/mol. The van der Waals surface area contributed by atoms with E-state index in [0.717, 1.165) is 38.6 Å². The lowest BCUT2D eigenvalue weighted by Gasteiger charge is -2.33. The zero-order chi connectivity index (χ0) is 13.7. The molecular formula is C15H29N3O. The van der Waals surface area contributed by atoms with Crippen LogP contribution in [0.1, 0.15) is 39.5 Å². The van der Waals surface area contributed by atoms with Gasteiger partial charge in [0.2, 0.25) is 5.91 Å². The minimum Gasteiger partial charge on any atom is -0.356 e. The number of piperidine rings is 1. The highest BCUT2D eigenvalue weighted by Gasteiger charge is 2.29. The summed E-state index contributed by atoms with van der Waals surface area (Å²) in [6, 6.07) is 0.725. The number of carbonyl (C=O) groups is 1. The van der Waals surface area contributed by atoms with Crippen molar-refractivity contribution in [3.8, 4) is 0 Å². The van der Waals surface area contributed by atoms with Crippen LogP contribution >= 0.6 is 0 Å². The monoisotopic (exact) mass is 267 g/mol. The van der Waals surface area contributed by atoms with Crippen molar-refractivity contribution < 1.29 is 4.79 Å². The quantitative estimate of drug-likeness (QED) is 0.736. The summed E-state index contributed by atoms with van der Waals surface area (Å²) in [6.45, 7) is 9.48. The predicted octanol–water partition coefficient (Wildman–Crippen LogP) is 1.22. The SMILES string of the molecule is CC1CNCC1C(=O)NCCCN1CCCCC1C. The Morgan fingerprint density at radius 1 is 1.32 bits per heavy atom. The average Bonchev–Trinajstić information content (AvgIpc) is 2.82. The van der Waals surface area contributed by atoms with Crippen LogP contribution in [-0.2, 0) is 4.79 Å². The second kappa shape index (κ2) is 7.25. The first-order valence-corrected chi connectivity index (χ1v) is 7.91. The van der Waals surface area contributed by atoms with Gasteiger partial charge in [0.1, 0.15) is 0 Å². The van der Waals surface area contributed by atoms with Gasteiger partial charge in [-0.3, -0.25) is 4.79 Å². The van der Waals surface area contributed by atoms with Crippen LogP contribution in [0.4, 0.5) is 0 Å². The molecule has 110 valence electrons. The number of carbonyl (C=O) groups excluding carboxylic acids is 1. The Bertz CT molecular complexity index is 295. The summed E-state index contributed by atoms with van der Waals surface area (Å²) in [4.78, 5) is 14.6. The van der Waals surface area contributed by atoms with E-state index in [1.165, 1.54) is 25.8 Å². The van der Waals surface area contributed by atoms with Gasteiger partial charge in [-0.1, -0.05) is 13.3 Å². The van der Waals surface area contributed by atoms with Gasteiger partial charge in [0.15, 0.2) is 0 Å². The van der Waals surface area contributed by atoms with Crippen molar-refractivity contribution in [3.63, 3.8) is 0 Å². The van der Waals surface area contributed by atoms with E-state index in [-0.39, 0.29) is 11.8 Å². The molecule has 0 aromatic carbocycles. The smallest absolute Gasteiger partial charge is 0.224 e. The molecular weight excluding hydrogens is 238 g/mol. The molecule has 3 atom stereocenters. The van der Waals surface area contributed by atoms with Crippen molar-refractivity contribution in [3.05, 3.63) is 0 Å². The van der Waals surface area contributed by atoms with E-state index in [9.17, 15) is 4.79 Å². The van der Waals surface area contributed by atoms with E-state index < -0.39 is 0 Å². The Labute approximate surface area is 117 Å². The van der Waals surface area contributed by atoms with E-state index >= 15 is 0 Å². The molecule has 1 amide bonds. The van der Waals surface area contributed by atoms with Crippen molar-refractivity contribution in [2.75, 3.05) is 32.7 Å². The number of hydrogen-bond donors (Lipinski definition) is 2. The number of nitrogens with one attached hydrogen (secondary N) is 2. The van der Waals surface area contributed by atoms with Crippen LogP contribution in [0.2, 0.25) is 0 Å². The molecule has 2 fully saturated rings. The van der Waals surface area contributed by atoms with Crippen LogP contribution in [-0.4, -0.2) is 49.6 Å². The molecule has 3 unspecified atom stereocenters. The third kappa shape index (κ3) is 4.18. The van der Waals surface area contributed by atoms with Crippen molar-refractivity contribution in [1.82, 2.24) is 15.5 Å². The molecule has 0 aliphatic carbocycles. The molecule has 4 nitrogen and oxygen atoms in total. The number of nitrogens with zero attached hydrogens (tertiary/aromatic N) is 1. The summed E-state index contributed by atoms with van der Waals surface area (Å²) in [5.41, 5.74) is 0. The van der Waals surface area contributed by atoms with Gasteiger partial charge in [0.05, 0.1) is 5.92 Å². The maximum atomic E-state index is 12.0. The number of hydrogen-bond acceptors (Lipinski definition) is 3. The van der Waals surface area contributed by atoms with Gasteiger partial charge in [-0.25, -0.2) is 0 Å². The van der Waals surface area contributed by atoms with Crippen LogP contribution in [0.15, 0.2) is 0 Å². The Balaban J connectivity index is 1.59. The van der Waals surface area contributed by atoms with E-state index in [1.807, 2.05) is 0 Å². The standard InChI is InChI=1S/C15H29N3O/c1-12-10-16-11-14(12)15(19)17-7-5-9-18-8-4-3-6-13(18)2/h12-14,16H,3-11H2,1-2H3,(H,17,19). The maximum absolute atomic E-state index is 12.0. The van der Waals surface area contributed by atoms with Crippen molar-refractivity contribution in [2.45, 2.75) is 45.6 Å². The summed E-state index contributed by atoms with van der Waals surface area (Å²) in [7, 11) is 0. The first kappa shape index (κ1) is 14.8. The van der Waals surface area contributed by atoms with Gasteiger partial charge >= 0.3 is 0 Å². The molecule has 0 spiro atoms. The topological polar surface area (TPSA) is 44.4 Å². The lowest BCUT2D eigenvalue weighted by molar-refractivity contribution is -0.125. The Kier molecular flexibility index (Phi) is 5.64. The molecule has 2 aliphatic rings. The van der Waals surface area contributed by atoms with Crippen molar-refractivity contribution in [2.24, 2.45) is 11.8 Å². The molecule has 2 heterocycles. The Hall–Kier alpha value is -0.610. The number of amides is 1. The largest absolute Gasteiger partial charge is 0.356 e. The first-order chi connectivity index (χ1) is 9.18. The average molecular weight is 267 g/mol. The summed E-state index contributed by atoms with van der Waals surface area (Å²) in [5, 5.41) is 6.39. The van der Waals surface area contributed by atoms with Crippen LogP contribution in [0.3, 0.4) is 0 Å². The van der Waals surface area contributed by atoms with Crippen LogP contribution in [0.5, 0.6) is 0 Å². The first-order valence-electron chi connectivity index (χ1n) is 7.91. The molecule has 2 saturated heterocycles. The normalized spacial score (nSPS) is 32.4. The highest BCUT2D eigenvalue weighted by atomic mass is 16.1. The van der Waals surface area contributed by atoms with E-state index in [0.29, 0.717) is 5.92 Å². The molecule has 0 aromatic heterocycles. The van der Waals surface area contributed by atoms with Gasteiger partial charge in [-0.15, -0.1) is 0 Å². The zero-order valence-electron chi connectivity index (χ0n) is 12.5. The Morgan fingerprint density at radius 2 is 2.16 bits per heavy atom. The Morgan fingerprint density at radius 3 is 2.84 bits per heavy atom. The summed E-state index contributed by atoms with van der Waals surface area (Å²) >= 11 is 0. The molecule has 0 radical (unpaired) electrons. The van der Waals surface area contributed by atoms with Gasteiger partial charge < -0.3 is 15.5 Å². The molecule has 2 aliphatic heterocycles. The minimum absolute atomic E-state index is 0.175. The summed E-state index contributed by atoms with van der Waals surface area (Å²) < 4.78 is 0. The fourth-order valence-electron chi connectivity index (χ4n) is 3.28. The molecule has 0 aromatic rings. The van der Waals surface area contributed by atoms with Gasteiger partial charge in [0, 0.05) is 25.7 Å². The van der Waals surface area contributed by atoms with E-state index in [2.05, 4.69) is 29.4 Å². The summed E-state index contributed by atoms with van der Waals surface area (Å²) in [6.07, 6.45) is 5.12. The third-order valence-corrected chi connectivity index (χ3v) is 4.72. The van der Waals surface area contributed by atoms with Crippen molar-refractivity contribution in [1.29, 1.82) is 0 Å². The lowest BCUT2D eigenvalue weighted by atomic mass is 9.97. The second-order valence-electron chi connectivity index (χ2n) is 6.27. The van der Waals surface area contributed by atoms with Gasteiger partial charge in [-0.2, -0.15) is 0 Å². The fourth-order valence-corrected chi connectivity index (χ4v) is 3.28. The van der Waals surface area contributed by atoms with Gasteiger partial charge in [-0.05, 0) is 45.2 Å². The van der Waals surface area contributed by atoms with Crippen LogP contribution in [0, 0.1) is 11.8 Å². The molecule has 2 rings (SSSR count). The van der Waals surface area contributed by atoms with E-state index in [1.54, 1.807) is 0 Å². The maximum Gasteiger partial charge on any atom is 0.224 e. The zero-order valence-corrected chi connectivity index (χ0v) is 12.5. The highest BCUT2D eigenvalue weighted by molar-refractivity contribution is 5.79. The highest BCUT2D eigenvalue weighted by Crippen LogP contribution is 2.17. The number of likely N-dealkylation sites (tertiary alicyclic amines) is 1. The third-order valence-electron chi connectivity index (χ3n) is 4.72. The summed E-state index contributed by atoms with van der Waals surface area (Å²) in [5.74, 6) is 0.889. The molecule has 4 heteroatoms. The van der Waals surface area contributed by atoms with Gasteiger partial charge in [0.25, 0.3) is 0 Å². The molecule has 0 bridgehead atoms. The second-order valence-corrected chi connectivity index (χ2v) is 6.27.